The number of nitrogens with one attached hydrogen (secondary N) is 2. The molecule has 0 saturated carbocycles. The van der Waals surface area contributed by atoms with Gasteiger partial charge in [0.2, 0.25) is 0 Å². The van der Waals surface area contributed by atoms with Crippen molar-refractivity contribution in [2.24, 2.45) is 0 Å². The SMILES string of the molecule is CCOc1ccc(NC(=O)c2cncc(NCCc3ccc(OC)cc3)c2)cc1. The average molecular weight is 391 g/mol. The second-order valence-electron chi connectivity index (χ2n) is 6.40. The number of rotatable bonds is 9. The molecule has 2 N–H and O–H groups in total. The molecule has 0 bridgehead atoms. The van der Waals surface area contributed by atoms with E-state index in [1.807, 2.05) is 55.5 Å². The van der Waals surface area contributed by atoms with E-state index in [9.17, 15) is 4.79 Å². The molecule has 29 heavy (non-hydrogen) atoms. The van der Waals surface area contributed by atoms with Crippen molar-refractivity contribution in [2.45, 2.75) is 13.3 Å². The predicted octanol–water partition coefficient (Wildman–Crippen LogP) is 4.40. The molecule has 0 spiro atoms. The molecule has 0 atom stereocenters. The number of carbonyl (C=O) groups is 1. The van der Waals surface area contributed by atoms with Crippen LogP contribution in [-0.4, -0.2) is 31.2 Å². The third-order valence-electron chi connectivity index (χ3n) is 4.33. The molecule has 0 unspecified atom stereocenters. The number of benzene rings is 2. The molecule has 1 aromatic heterocycles. The van der Waals surface area contributed by atoms with Gasteiger partial charge in [0.25, 0.3) is 5.91 Å². The highest BCUT2D eigenvalue weighted by Gasteiger charge is 2.08. The van der Waals surface area contributed by atoms with Crippen molar-refractivity contribution in [3.63, 3.8) is 0 Å². The summed E-state index contributed by atoms with van der Waals surface area (Å²) >= 11 is 0. The molecule has 0 aliphatic rings. The third-order valence-corrected chi connectivity index (χ3v) is 4.33. The van der Waals surface area contributed by atoms with Gasteiger partial charge >= 0.3 is 0 Å². The minimum Gasteiger partial charge on any atom is -0.497 e. The Hall–Kier alpha value is -3.54. The molecule has 3 rings (SSSR count). The Morgan fingerprint density at radius 3 is 2.38 bits per heavy atom. The normalized spacial score (nSPS) is 10.3. The number of pyridine rings is 1. The summed E-state index contributed by atoms with van der Waals surface area (Å²) in [4.78, 5) is 16.7. The molecule has 6 nitrogen and oxygen atoms in total. The maximum absolute atomic E-state index is 12.5. The van der Waals surface area contributed by atoms with Crippen molar-refractivity contribution >= 4 is 17.3 Å². The monoisotopic (exact) mass is 391 g/mol. The van der Waals surface area contributed by atoms with Crippen molar-refractivity contribution in [2.75, 3.05) is 30.9 Å². The van der Waals surface area contributed by atoms with Gasteiger partial charge in [-0.05, 0) is 61.4 Å². The first-order valence-corrected chi connectivity index (χ1v) is 9.54. The van der Waals surface area contributed by atoms with Crippen molar-refractivity contribution < 1.29 is 14.3 Å². The molecule has 150 valence electrons. The minimum absolute atomic E-state index is 0.208. The molecule has 0 fully saturated rings. The Bertz CT molecular complexity index is 925. The van der Waals surface area contributed by atoms with Crippen LogP contribution < -0.4 is 20.1 Å². The first-order valence-electron chi connectivity index (χ1n) is 9.54. The fraction of sp³-hybridized carbons (Fsp3) is 0.217. The van der Waals surface area contributed by atoms with E-state index in [4.69, 9.17) is 9.47 Å². The van der Waals surface area contributed by atoms with Crippen molar-refractivity contribution in [3.05, 3.63) is 78.1 Å². The van der Waals surface area contributed by atoms with Crippen LogP contribution in [0.1, 0.15) is 22.8 Å². The molecule has 0 radical (unpaired) electrons. The topological polar surface area (TPSA) is 72.5 Å². The van der Waals surface area contributed by atoms with Crippen LogP contribution in [0.2, 0.25) is 0 Å². The maximum Gasteiger partial charge on any atom is 0.257 e. The van der Waals surface area contributed by atoms with Gasteiger partial charge in [0.15, 0.2) is 0 Å². The second-order valence-corrected chi connectivity index (χ2v) is 6.40. The standard InChI is InChI=1S/C23H25N3O3/c1-3-29-22-10-6-19(7-11-22)26-23(27)18-14-20(16-24-15-18)25-13-12-17-4-8-21(28-2)9-5-17/h4-11,14-16,25H,3,12-13H2,1-2H3,(H,26,27). The molecule has 6 heteroatoms. The van der Waals surface area contributed by atoms with Gasteiger partial charge in [0.05, 0.1) is 25.0 Å². The van der Waals surface area contributed by atoms with E-state index in [1.165, 1.54) is 5.56 Å². The van der Waals surface area contributed by atoms with Crippen LogP contribution >= 0.6 is 0 Å². The van der Waals surface area contributed by atoms with E-state index >= 15 is 0 Å². The molecular weight excluding hydrogens is 366 g/mol. The number of hydrogen-bond acceptors (Lipinski definition) is 5. The van der Waals surface area contributed by atoms with Crippen molar-refractivity contribution in [1.29, 1.82) is 0 Å². The zero-order valence-electron chi connectivity index (χ0n) is 16.6. The molecule has 0 aliphatic heterocycles. The van der Waals surface area contributed by atoms with Crippen LogP contribution in [0.3, 0.4) is 0 Å². The lowest BCUT2D eigenvalue weighted by molar-refractivity contribution is 0.102. The maximum atomic E-state index is 12.5. The Kier molecular flexibility index (Phi) is 7.05. The number of amides is 1. The Morgan fingerprint density at radius 1 is 0.966 bits per heavy atom. The summed E-state index contributed by atoms with van der Waals surface area (Å²) < 4.78 is 10.6. The van der Waals surface area contributed by atoms with E-state index in [0.29, 0.717) is 17.9 Å². The lowest BCUT2D eigenvalue weighted by Gasteiger charge is -2.10. The van der Waals surface area contributed by atoms with Crippen LogP contribution in [0.25, 0.3) is 0 Å². The quantitative estimate of drug-likeness (QED) is 0.566. The van der Waals surface area contributed by atoms with Gasteiger partial charge in [-0.1, -0.05) is 12.1 Å². The Labute approximate surface area is 170 Å². The lowest BCUT2D eigenvalue weighted by Crippen LogP contribution is -2.13. The smallest absolute Gasteiger partial charge is 0.257 e. The highest BCUT2D eigenvalue weighted by molar-refractivity contribution is 6.04. The molecule has 2 aromatic carbocycles. The molecule has 3 aromatic rings. The van der Waals surface area contributed by atoms with Gasteiger partial charge in [-0.2, -0.15) is 0 Å². The van der Waals surface area contributed by atoms with Gasteiger partial charge in [-0.3, -0.25) is 9.78 Å². The fourth-order valence-electron chi connectivity index (χ4n) is 2.81. The van der Waals surface area contributed by atoms with Crippen LogP contribution in [0.5, 0.6) is 11.5 Å². The number of aromatic nitrogens is 1. The predicted molar refractivity (Wildman–Crippen MR) is 115 cm³/mol. The lowest BCUT2D eigenvalue weighted by atomic mass is 10.1. The number of carbonyl (C=O) groups excluding carboxylic acids is 1. The van der Waals surface area contributed by atoms with E-state index < -0.39 is 0 Å². The fourth-order valence-corrected chi connectivity index (χ4v) is 2.81. The largest absolute Gasteiger partial charge is 0.497 e. The van der Waals surface area contributed by atoms with Crippen molar-refractivity contribution in [3.8, 4) is 11.5 Å². The van der Waals surface area contributed by atoms with Gasteiger partial charge in [-0.25, -0.2) is 0 Å². The highest BCUT2D eigenvalue weighted by Crippen LogP contribution is 2.17. The van der Waals surface area contributed by atoms with Gasteiger partial charge in [0, 0.05) is 24.6 Å². The summed E-state index contributed by atoms with van der Waals surface area (Å²) in [6.07, 6.45) is 4.12. The molecule has 1 heterocycles. The van der Waals surface area contributed by atoms with Gasteiger partial charge in [-0.15, -0.1) is 0 Å². The first kappa shape index (κ1) is 20.2. The highest BCUT2D eigenvalue weighted by atomic mass is 16.5. The molecule has 0 aliphatic carbocycles. The molecular formula is C23H25N3O3. The zero-order valence-corrected chi connectivity index (χ0v) is 16.6. The third kappa shape index (κ3) is 5.97. The first-order chi connectivity index (χ1) is 14.2. The number of methoxy groups -OCH3 is 1. The average Bonchev–Trinajstić information content (AvgIpc) is 2.76. The van der Waals surface area contributed by atoms with Crippen LogP contribution in [-0.2, 0) is 6.42 Å². The summed E-state index contributed by atoms with van der Waals surface area (Å²) in [5, 5.41) is 6.19. The van der Waals surface area contributed by atoms with E-state index in [0.717, 1.165) is 30.2 Å². The molecule has 1 amide bonds. The minimum atomic E-state index is -0.208. The van der Waals surface area contributed by atoms with Crippen LogP contribution in [0.4, 0.5) is 11.4 Å². The number of ether oxygens (including phenoxy) is 2. The zero-order chi connectivity index (χ0) is 20.5. The van der Waals surface area contributed by atoms with Gasteiger partial charge in [0.1, 0.15) is 11.5 Å². The summed E-state index contributed by atoms with van der Waals surface area (Å²) in [6, 6.07) is 17.1. The summed E-state index contributed by atoms with van der Waals surface area (Å²) in [5.74, 6) is 1.41. The Morgan fingerprint density at radius 2 is 1.69 bits per heavy atom. The van der Waals surface area contributed by atoms with E-state index in [-0.39, 0.29) is 5.91 Å². The summed E-state index contributed by atoms with van der Waals surface area (Å²) in [6.45, 7) is 3.27. The second kappa shape index (κ2) is 10.1. The van der Waals surface area contributed by atoms with E-state index in [2.05, 4.69) is 15.6 Å². The van der Waals surface area contributed by atoms with Crippen LogP contribution in [0, 0.1) is 0 Å². The van der Waals surface area contributed by atoms with Gasteiger partial charge < -0.3 is 20.1 Å². The number of hydrogen-bond donors (Lipinski definition) is 2. The summed E-state index contributed by atoms with van der Waals surface area (Å²) in [5.41, 5.74) is 3.21. The van der Waals surface area contributed by atoms with E-state index in [1.54, 1.807) is 25.6 Å². The molecule has 0 saturated heterocycles. The van der Waals surface area contributed by atoms with Crippen LogP contribution in [0.15, 0.2) is 67.0 Å². The summed E-state index contributed by atoms with van der Waals surface area (Å²) in [7, 11) is 1.66. The number of anilines is 2. The number of nitrogens with zero attached hydrogens (tertiary/aromatic N) is 1. The van der Waals surface area contributed by atoms with Crippen molar-refractivity contribution in [1.82, 2.24) is 4.98 Å². The Balaban J connectivity index is 1.54.